The van der Waals surface area contributed by atoms with Crippen LogP contribution in [0, 0.1) is 0 Å². The van der Waals surface area contributed by atoms with E-state index in [-0.39, 0.29) is 12.1 Å². The van der Waals surface area contributed by atoms with E-state index in [1.165, 1.54) is 0 Å². The predicted octanol–water partition coefficient (Wildman–Crippen LogP) is 1.20. The summed E-state index contributed by atoms with van der Waals surface area (Å²) in [5, 5.41) is 0. The van der Waals surface area contributed by atoms with Crippen molar-refractivity contribution in [2.24, 2.45) is 5.73 Å². The first-order valence-corrected chi connectivity index (χ1v) is 5.46. The van der Waals surface area contributed by atoms with Crippen molar-refractivity contribution >= 4 is 0 Å². The van der Waals surface area contributed by atoms with E-state index in [2.05, 4.69) is 9.55 Å². The Morgan fingerprint density at radius 1 is 1.47 bits per heavy atom. The predicted molar refractivity (Wildman–Crippen MR) is 60.7 cm³/mol. The summed E-state index contributed by atoms with van der Waals surface area (Å²) in [6, 6.07) is 0.150. The molecule has 0 aliphatic carbocycles. The normalized spacial score (nSPS) is 13.4. The Morgan fingerprint density at radius 3 is 2.80 bits per heavy atom. The Bertz CT molecular complexity index is 281. The minimum atomic E-state index is 0.150. The molecule has 1 heterocycles. The molecular weight excluding hydrogens is 190 g/mol. The fraction of sp³-hybridized carbons (Fsp3) is 0.727. The van der Waals surface area contributed by atoms with Gasteiger partial charge in [0.1, 0.15) is 5.82 Å². The van der Waals surface area contributed by atoms with Gasteiger partial charge in [-0.15, -0.1) is 0 Å². The van der Waals surface area contributed by atoms with E-state index in [1.807, 2.05) is 33.2 Å². The summed E-state index contributed by atoms with van der Waals surface area (Å²) in [4.78, 5) is 4.28. The average molecular weight is 211 g/mol. The molecule has 0 amide bonds. The van der Waals surface area contributed by atoms with E-state index in [0.717, 1.165) is 25.4 Å². The Labute approximate surface area is 91.4 Å². The van der Waals surface area contributed by atoms with Crippen LogP contribution in [0.2, 0.25) is 0 Å². The van der Waals surface area contributed by atoms with Crippen molar-refractivity contribution in [3.63, 3.8) is 0 Å². The van der Waals surface area contributed by atoms with Gasteiger partial charge in [-0.1, -0.05) is 0 Å². The van der Waals surface area contributed by atoms with Crippen molar-refractivity contribution < 1.29 is 4.74 Å². The molecule has 1 unspecified atom stereocenters. The van der Waals surface area contributed by atoms with Gasteiger partial charge in [-0.05, 0) is 20.8 Å². The lowest BCUT2D eigenvalue weighted by Gasteiger charge is -2.11. The highest BCUT2D eigenvalue weighted by Gasteiger charge is 2.05. The summed E-state index contributed by atoms with van der Waals surface area (Å²) in [7, 11) is 0. The molecule has 0 saturated carbocycles. The molecule has 1 aromatic heterocycles. The zero-order valence-corrected chi connectivity index (χ0v) is 9.81. The van der Waals surface area contributed by atoms with E-state index < -0.39 is 0 Å². The molecule has 4 heteroatoms. The molecule has 1 rings (SSSR count). The first-order chi connectivity index (χ1) is 7.09. The van der Waals surface area contributed by atoms with Crippen molar-refractivity contribution in [1.29, 1.82) is 0 Å². The van der Waals surface area contributed by atoms with Crippen LogP contribution in [-0.2, 0) is 17.7 Å². The van der Waals surface area contributed by atoms with Gasteiger partial charge in [-0.3, -0.25) is 0 Å². The fourth-order valence-electron chi connectivity index (χ4n) is 1.41. The van der Waals surface area contributed by atoms with Gasteiger partial charge < -0.3 is 15.0 Å². The third-order valence-electron chi connectivity index (χ3n) is 2.09. The summed E-state index contributed by atoms with van der Waals surface area (Å²) in [6.45, 7) is 7.64. The quantitative estimate of drug-likeness (QED) is 0.769. The summed E-state index contributed by atoms with van der Waals surface area (Å²) in [5.41, 5.74) is 5.74. The van der Waals surface area contributed by atoms with E-state index >= 15 is 0 Å². The molecule has 0 aliphatic heterocycles. The molecule has 0 aromatic carbocycles. The molecule has 0 saturated heterocycles. The maximum atomic E-state index is 5.74. The van der Waals surface area contributed by atoms with Gasteiger partial charge in [0.2, 0.25) is 0 Å². The highest BCUT2D eigenvalue weighted by Crippen LogP contribution is 2.01. The maximum absolute atomic E-state index is 5.74. The Kier molecular flexibility index (Phi) is 4.78. The van der Waals surface area contributed by atoms with Crippen LogP contribution in [0.3, 0.4) is 0 Å². The van der Waals surface area contributed by atoms with Gasteiger partial charge in [0.25, 0.3) is 0 Å². The molecule has 0 radical (unpaired) electrons. The van der Waals surface area contributed by atoms with E-state index in [9.17, 15) is 0 Å². The Morgan fingerprint density at radius 2 is 2.20 bits per heavy atom. The van der Waals surface area contributed by atoms with Crippen LogP contribution in [-0.4, -0.2) is 28.3 Å². The van der Waals surface area contributed by atoms with Crippen LogP contribution in [0.5, 0.6) is 0 Å². The first-order valence-electron chi connectivity index (χ1n) is 5.46. The monoisotopic (exact) mass is 211 g/mol. The summed E-state index contributed by atoms with van der Waals surface area (Å²) in [6.07, 6.45) is 4.88. The lowest BCUT2D eigenvalue weighted by Crippen LogP contribution is -2.21. The van der Waals surface area contributed by atoms with Gasteiger partial charge in [0, 0.05) is 31.4 Å². The molecule has 2 N–H and O–H groups in total. The van der Waals surface area contributed by atoms with Crippen LogP contribution >= 0.6 is 0 Å². The number of nitrogens with two attached hydrogens (primary N) is 1. The minimum absolute atomic E-state index is 0.150. The van der Waals surface area contributed by atoms with Crippen LogP contribution in [0.4, 0.5) is 0 Å². The number of rotatable bonds is 6. The van der Waals surface area contributed by atoms with Crippen molar-refractivity contribution in [3.8, 4) is 0 Å². The number of nitrogens with zero attached hydrogens (tertiary/aromatic N) is 2. The smallest absolute Gasteiger partial charge is 0.110 e. The zero-order chi connectivity index (χ0) is 11.3. The maximum Gasteiger partial charge on any atom is 0.110 e. The number of imidazole rings is 1. The second kappa shape index (κ2) is 5.88. The molecule has 86 valence electrons. The van der Waals surface area contributed by atoms with Crippen molar-refractivity contribution in [1.82, 2.24) is 9.55 Å². The standard InChI is InChI=1S/C11H21N3O/c1-9(2)15-7-6-14-5-4-13-11(14)8-10(3)12/h4-5,9-10H,6-8,12H2,1-3H3. The average Bonchev–Trinajstić information content (AvgIpc) is 2.51. The third kappa shape index (κ3) is 4.44. The topological polar surface area (TPSA) is 53.1 Å². The third-order valence-corrected chi connectivity index (χ3v) is 2.09. The van der Waals surface area contributed by atoms with Gasteiger partial charge >= 0.3 is 0 Å². The molecular formula is C11H21N3O. The summed E-state index contributed by atoms with van der Waals surface area (Å²) in [5.74, 6) is 1.04. The molecule has 0 bridgehead atoms. The van der Waals surface area contributed by atoms with Crippen LogP contribution in [0.25, 0.3) is 0 Å². The summed E-state index contributed by atoms with van der Waals surface area (Å²) >= 11 is 0. The van der Waals surface area contributed by atoms with Gasteiger partial charge in [-0.25, -0.2) is 4.98 Å². The molecule has 4 nitrogen and oxygen atoms in total. The highest BCUT2D eigenvalue weighted by molar-refractivity contribution is 4.94. The van der Waals surface area contributed by atoms with Crippen LogP contribution in [0.15, 0.2) is 12.4 Å². The molecule has 1 atom stereocenters. The second-order valence-corrected chi connectivity index (χ2v) is 4.14. The molecule has 15 heavy (non-hydrogen) atoms. The molecule has 0 aliphatic rings. The van der Waals surface area contributed by atoms with Crippen molar-refractivity contribution in [2.45, 2.75) is 45.9 Å². The number of hydrogen-bond acceptors (Lipinski definition) is 3. The minimum Gasteiger partial charge on any atom is -0.377 e. The Balaban J connectivity index is 2.43. The highest BCUT2D eigenvalue weighted by atomic mass is 16.5. The lowest BCUT2D eigenvalue weighted by molar-refractivity contribution is 0.0723. The lowest BCUT2D eigenvalue weighted by atomic mass is 10.2. The first kappa shape index (κ1) is 12.2. The van der Waals surface area contributed by atoms with Gasteiger partial charge in [-0.2, -0.15) is 0 Å². The number of aromatic nitrogens is 2. The van der Waals surface area contributed by atoms with Crippen LogP contribution < -0.4 is 5.73 Å². The molecule has 0 fully saturated rings. The molecule has 0 spiro atoms. The largest absolute Gasteiger partial charge is 0.377 e. The van der Waals surface area contributed by atoms with E-state index in [4.69, 9.17) is 10.5 Å². The van der Waals surface area contributed by atoms with E-state index in [1.54, 1.807) is 0 Å². The zero-order valence-electron chi connectivity index (χ0n) is 9.81. The van der Waals surface area contributed by atoms with E-state index in [0.29, 0.717) is 0 Å². The number of hydrogen-bond donors (Lipinski definition) is 1. The van der Waals surface area contributed by atoms with Gasteiger partial charge in [0.05, 0.1) is 12.7 Å². The van der Waals surface area contributed by atoms with Crippen molar-refractivity contribution in [3.05, 3.63) is 18.2 Å². The Hall–Kier alpha value is -0.870. The van der Waals surface area contributed by atoms with Crippen LogP contribution in [0.1, 0.15) is 26.6 Å². The van der Waals surface area contributed by atoms with Gasteiger partial charge in [0.15, 0.2) is 0 Å². The number of ether oxygens (including phenoxy) is 1. The molecule has 1 aromatic rings. The summed E-state index contributed by atoms with van der Waals surface area (Å²) < 4.78 is 7.60. The SMILES string of the molecule is CC(N)Cc1nccn1CCOC(C)C. The van der Waals surface area contributed by atoms with Crippen molar-refractivity contribution in [2.75, 3.05) is 6.61 Å². The fourth-order valence-corrected chi connectivity index (χ4v) is 1.41. The second-order valence-electron chi connectivity index (χ2n) is 4.14.